The van der Waals surface area contributed by atoms with E-state index in [0.29, 0.717) is 23.6 Å². The number of hydrogen-bond donors (Lipinski definition) is 0. The van der Waals surface area contributed by atoms with Crippen LogP contribution in [0.3, 0.4) is 0 Å². The van der Waals surface area contributed by atoms with Gasteiger partial charge in [-0.2, -0.15) is 0 Å². The highest BCUT2D eigenvalue weighted by atomic mass is 16.2. The van der Waals surface area contributed by atoms with E-state index in [0.717, 1.165) is 5.56 Å². The van der Waals surface area contributed by atoms with Gasteiger partial charge in [0.05, 0.1) is 0 Å². The van der Waals surface area contributed by atoms with Gasteiger partial charge in [0.2, 0.25) is 0 Å². The Bertz CT molecular complexity index is 1180. The summed E-state index contributed by atoms with van der Waals surface area (Å²) in [6, 6.07) is 28.0. The monoisotopic (exact) mass is 407 g/mol. The SMILES string of the molecule is O=C(/C=C/N(C(=O)c1nccn1Cc1ccccc1)c1ccccc1)c1ccccc1. The second-order valence-electron chi connectivity index (χ2n) is 6.92. The maximum absolute atomic E-state index is 13.4. The fraction of sp³-hybridized carbons (Fsp3) is 0.0385. The molecule has 0 spiro atoms. The van der Waals surface area contributed by atoms with Gasteiger partial charge in [0.25, 0.3) is 5.91 Å². The molecule has 1 amide bonds. The van der Waals surface area contributed by atoms with Crippen LogP contribution < -0.4 is 4.90 Å². The van der Waals surface area contributed by atoms with E-state index in [4.69, 9.17) is 0 Å². The number of allylic oxidation sites excluding steroid dienone is 1. The number of imidazole rings is 1. The number of hydrogen-bond acceptors (Lipinski definition) is 3. The Balaban J connectivity index is 1.64. The number of carbonyl (C=O) groups excluding carboxylic acids is 2. The van der Waals surface area contributed by atoms with Gasteiger partial charge in [-0.1, -0.05) is 78.9 Å². The van der Waals surface area contributed by atoms with Crippen molar-refractivity contribution in [1.82, 2.24) is 9.55 Å². The smallest absolute Gasteiger partial charge is 0.298 e. The van der Waals surface area contributed by atoms with Crippen LogP contribution in [0.1, 0.15) is 26.5 Å². The molecule has 1 aromatic heterocycles. The van der Waals surface area contributed by atoms with Gasteiger partial charge >= 0.3 is 0 Å². The van der Waals surface area contributed by atoms with Crippen LogP contribution in [0.25, 0.3) is 0 Å². The van der Waals surface area contributed by atoms with E-state index in [1.165, 1.54) is 17.2 Å². The lowest BCUT2D eigenvalue weighted by atomic mass is 10.1. The normalized spacial score (nSPS) is 10.8. The van der Waals surface area contributed by atoms with Crippen molar-refractivity contribution in [2.75, 3.05) is 4.90 Å². The summed E-state index contributed by atoms with van der Waals surface area (Å²) in [5.74, 6) is -0.198. The number of benzene rings is 3. The second kappa shape index (κ2) is 9.50. The number of carbonyl (C=O) groups is 2. The van der Waals surface area contributed by atoms with Gasteiger partial charge in [-0.25, -0.2) is 4.98 Å². The molecule has 0 bridgehead atoms. The van der Waals surface area contributed by atoms with Crippen LogP contribution in [0.5, 0.6) is 0 Å². The van der Waals surface area contributed by atoms with Gasteiger partial charge < -0.3 is 4.57 Å². The molecular formula is C26H21N3O2. The lowest BCUT2D eigenvalue weighted by Gasteiger charge is -2.19. The van der Waals surface area contributed by atoms with Crippen molar-refractivity contribution >= 4 is 17.4 Å². The number of rotatable bonds is 7. The number of para-hydroxylation sites is 1. The molecule has 1 heterocycles. The second-order valence-corrected chi connectivity index (χ2v) is 6.92. The average molecular weight is 407 g/mol. The van der Waals surface area contributed by atoms with Crippen molar-refractivity contribution < 1.29 is 9.59 Å². The predicted octanol–water partition coefficient (Wildman–Crippen LogP) is 4.97. The van der Waals surface area contributed by atoms with Gasteiger partial charge in [0.15, 0.2) is 11.6 Å². The molecule has 0 N–H and O–H groups in total. The van der Waals surface area contributed by atoms with E-state index in [9.17, 15) is 9.59 Å². The predicted molar refractivity (Wildman–Crippen MR) is 121 cm³/mol. The molecule has 0 unspecified atom stereocenters. The Morgan fingerprint density at radius 2 is 1.45 bits per heavy atom. The molecule has 5 heteroatoms. The Kier molecular flexibility index (Phi) is 6.14. The molecule has 4 rings (SSSR count). The van der Waals surface area contributed by atoms with E-state index in [1.807, 2.05) is 78.9 Å². The largest absolute Gasteiger partial charge is 0.322 e. The van der Waals surface area contributed by atoms with Crippen LogP contribution in [0.4, 0.5) is 5.69 Å². The van der Waals surface area contributed by atoms with E-state index in [2.05, 4.69) is 4.98 Å². The quantitative estimate of drug-likeness (QED) is 0.321. The first-order valence-electron chi connectivity index (χ1n) is 9.93. The average Bonchev–Trinajstić information content (AvgIpc) is 3.29. The van der Waals surface area contributed by atoms with Crippen molar-refractivity contribution in [2.45, 2.75) is 6.54 Å². The molecule has 0 atom stereocenters. The number of anilines is 1. The molecule has 0 aliphatic carbocycles. The summed E-state index contributed by atoms with van der Waals surface area (Å²) in [6.07, 6.45) is 6.31. The minimum Gasteiger partial charge on any atom is -0.322 e. The summed E-state index contributed by atoms with van der Waals surface area (Å²) < 4.78 is 1.81. The molecule has 31 heavy (non-hydrogen) atoms. The summed E-state index contributed by atoms with van der Waals surface area (Å²) in [7, 11) is 0. The minimum atomic E-state index is -0.316. The summed E-state index contributed by atoms with van der Waals surface area (Å²) in [4.78, 5) is 31.7. The molecule has 3 aromatic carbocycles. The van der Waals surface area contributed by atoms with Crippen LogP contribution in [-0.4, -0.2) is 21.2 Å². The highest BCUT2D eigenvalue weighted by Gasteiger charge is 2.21. The third-order valence-electron chi connectivity index (χ3n) is 4.79. The maximum Gasteiger partial charge on any atom is 0.298 e. The molecule has 0 aliphatic rings. The van der Waals surface area contributed by atoms with E-state index in [1.54, 1.807) is 29.1 Å². The Morgan fingerprint density at radius 3 is 2.13 bits per heavy atom. The third kappa shape index (κ3) is 4.85. The van der Waals surface area contributed by atoms with Crippen molar-refractivity contribution in [2.24, 2.45) is 0 Å². The highest BCUT2D eigenvalue weighted by Crippen LogP contribution is 2.18. The molecule has 0 aliphatic heterocycles. The third-order valence-corrected chi connectivity index (χ3v) is 4.79. The van der Waals surface area contributed by atoms with Crippen LogP contribution in [-0.2, 0) is 6.54 Å². The topological polar surface area (TPSA) is 55.2 Å². The number of ketones is 1. The van der Waals surface area contributed by atoms with E-state index in [-0.39, 0.29) is 11.7 Å². The fourth-order valence-electron chi connectivity index (χ4n) is 3.22. The van der Waals surface area contributed by atoms with Crippen LogP contribution >= 0.6 is 0 Å². The lowest BCUT2D eigenvalue weighted by Crippen LogP contribution is -2.28. The fourth-order valence-corrected chi connectivity index (χ4v) is 3.22. The minimum absolute atomic E-state index is 0.179. The number of nitrogens with zero attached hydrogens (tertiary/aromatic N) is 3. The summed E-state index contributed by atoms with van der Waals surface area (Å²) in [5, 5.41) is 0. The summed E-state index contributed by atoms with van der Waals surface area (Å²) >= 11 is 0. The lowest BCUT2D eigenvalue weighted by molar-refractivity contribution is 0.0984. The maximum atomic E-state index is 13.4. The van der Waals surface area contributed by atoms with Gasteiger partial charge in [-0.05, 0) is 17.7 Å². The molecule has 0 fully saturated rings. The van der Waals surface area contributed by atoms with Crippen LogP contribution in [0.15, 0.2) is 116 Å². The van der Waals surface area contributed by atoms with Gasteiger partial charge in [0.1, 0.15) is 0 Å². The number of amides is 1. The van der Waals surface area contributed by atoms with Crippen LogP contribution in [0, 0.1) is 0 Å². The standard InChI is InChI=1S/C26H21N3O2/c30-24(22-12-6-2-7-13-22)16-18-29(23-14-8-3-9-15-23)26(31)25-27-17-19-28(25)20-21-10-4-1-5-11-21/h1-19H,20H2/b18-16+. The van der Waals surface area contributed by atoms with E-state index < -0.39 is 0 Å². The molecule has 0 saturated heterocycles. The zero-order valence-corrected chi connectivity index (χ0v) is 16.8. The van der Waals surface area contributed by atoms with Crippen molar-refractivity contribution in [1.29, 1.82) is 0 Å². The van der Waals surface area contributed by atoms with Crippen molar-refractivity contribution in [3.63, 3.8) is 0 Å². The molecule has 5 nitrogen and oxygen atoms in total. The first kappa shape index (κ1) is 20.0. The Labute approximate surface area is 180 Å². The number of aromatic nitrogens is 2. The Hall–Kier alpha value is -4.25. The van der Waals surface area contributed by atoms with Crippen LogP contribution in [0.2, 0.25) is 0 Å². The van der Waals surface area contributed by atoms with E-state index >= 15 is 0 Å². The van der Waals surface area contributed by atoms with Gasteiger partial charge in [0, 0.05) is 42.5 Å². The first-order chi connectivity index (χ1) is 15.2. The zero-order chi connectivity index (χ0) is 21.5. The molecule has 0 radical (unpaired) electrons. The van der Waals surface area contributed by atoms with Gasteiger partial charge in [-0.15, -0.1) is 0 Å². The van der Waals surface area contributed by atoms with Crippen molar-refractivity contribution in [3.8, 4) is 0 Å². The van der Waals surface area contributed by atoms with Gasteiger partial charge in [-0.3, -0.25) is 14.5 Å². The molecule has 152 valence electrons. The first-order valence-corrected chi connectivity index (χ1v) is 9.93. The zero-order valence-electron chi connectivity index (χ0n) is 16.8. The molecule has 4 aromatic rings. The highest BCUT2D eigenvalue weighted by molar-refractivity contribution is 6.08. The molecular weight excluding hydrogens is 386 g/mol. The Morgan fingerprint density at radius 1 is 0.839 bits per heavy atom. The summed E-state index contributed by atoms with van der Waals surface area (Å²) in [5.41, 5.74) is 2.28. The summed E-state index contributed by atoms with van der Waals surface area (Å²) in [6.45, 7) is 0.525. The van der Waals surface area contributed by atoms with Crippen molar-refractivity contribution in [3.05, 3.63) is 133 Å². The molecule has 0 saturated carbocycles.